The normalized spacial score (nSPS) is 12.0. The maximum Gasteiger partial charge on any atom is 0.450 e. The zero-order valence-electron chi connectivity index (χ0n) is 9.94. The van der Waals surface area contributed by atoms with Crippen molar-refractivity contribution in [3.05, 3.63) is 40.7 Å². The second-order valence-corrected chi connectivity index (χ2v) is 4.61. The molecule has 0 aliphatic heterocycles. The van der Waals surface area contributed by atoms with Gasteiger partial charge in [-0.05, 0) is 35.3 Å². The van der Waals surface area contributed by atoms with Crippen LogP contribution in [-0.2, 0) is 6.18 Å². The molecule has 2 heterocycles. The second kappa shape index (κ2) is 4.81. The first kappa shape index (κ1) is 14.0. The number of halogens is 5. The summed E-state index contributed by atoms with van der Waals surface area (Å²) in [5.41, 5.74) is 0.334. The average molecular weight is 334 g/mol. The van der Waals surface area contributed by atoms with Gasteiger partial charge in [-0.3, -0.25) is 4.57 Å². The van der Waals surface area contributed by atoms with Crippen LogP contribution in [0.4, 0.5) is 13.2 Å². The van der Waals surface area contributed by atoms with E-state index in [1.165, 1.54) is 12.1 Å². The van der Waals surface area contributed by atoms with E-state index in [1.54, 1.807) is 12.1 Å². The molecule has 0 N–H and O–H groups in total. The van der Waals surface area contributed by atoms with Crippen molar-refractivity contribution < 1.29 is 13.2 Å². The first-order valence-corrected chi connectivity index (χ1v) is 6.24. The summed E-state index contributed by atoms with van der Waals surface area (Å²) >= 11 is 11.2. The lowest BCUT2D eigenvalue weighted by molar-refractivity contribution is -0.145. The molecule has 0 bridgehead atoms. The van der Waals surface area contributed by atoms with Crippen LogP contribution in [0.2, 0.25) is 10.6 Å². The summed E-state index contributed by atoms with van der Waals surface area (Å²) in [6, 6.07) is 6.06. The molecule has 0 aliphatic rings. The van der Waals surface area contributed by atoms with Gasteiger partial charge >= 0.3 is 6.18 Å². The first-order chi connectivity index (χ1) is 9.86. The van der Waals surface area contributed by atoms with E-state index >= 15 is 0 Å². The van der Waals surface area contributed by atoms with Crippen LogP contribution in [0.15, 0.2) is 24.3 Å². The number of hydrogen-bond acceptors (Lipinski definition) is 4. The van der Waals surface area contributed by atoms with Gasteiger partial charge in [-0.1, -0.05) is 12.1 Å². The lowest BCUT2D eigenvalue weighted by Crippen LogP contribution is -2.16. The van der Waals surface area contributed by atoms with Gasteiger partial charge in [0.1, 0.15) is 0 Å². The van der Waals surface area contributed by atoms with Crippen molar-refractivity contribution in [2.24, 2.45) is 0 Å². The summed E-state index contributed by atoms with van der Waals surface area (Å²) in [7, 11) is 0. The second-order valence-electron chi connectivity index (χ2n) is 3.93. The molecular weight excluding hydrogens is 330 g/mol. The van der Waals surface area contributed by atoms with Crippen LogP contribution in [0.25, 0.3) is 17.0 Å². The highest BCUT2D eigenvalue weighted by Gasteiger charge is 2.38. The summed E-state index contributed by atoms with van der Waals surface area (Å²) in [5.74, 6) is -1.51. The molecule has 0 aliphatic carbocycles. The minimum Gasteiger partial charge on any atom is -0.256 e. The Morgan fingerprint density at radius 1 is 0.905 bits per heavy atom. The molecule has 3 rings (SSSR count). The van der Waals surface area contributed by atoms with Crippen molar-refractivity contribution in [2.45, 2.75) is 6.18 Å². The molecule has 0 unspecified atom stereocenters. The SMILES string of the molecule is FC(F)(F)c1nc2ccccc2n1-c1nc(Cl)nc(Cl)n1. The smallest absolute Gasteiger partial charge is 0.256 e. The Morgan fingerprint density at radius 3 is 2.14 bits per heavy atom. The van der Waals surface area contributed by atoms with E-state index in [9.17, 15) is 13.2 Å². The monoisotopic (exact) mass is 333 g/mol. The first-order valence-electron chi connectivity index (χ1n) is 5.48. The predicted octanol–water partition coefficient (Wildman–Crippen LogP) is 3.54. The fourth-order valence-electron chi connectivity index (χ4n) is 1.83. The van der Waals surface area contributed by atoms with Gasteiger partial charge in [-0.25, -0.2) is 4.98 Å². The summed E-state index contributed by atoms with van der Waals surface area (Å²) < 4.78 is 40.2. The third-order valence-electron chi connectivity index (χ3n) is 2.58. The van der Waals surface area contributed by atoms with Gasteiger partial charge < -0.3 is 0 Å². The largest absolute Gasteiger partial charge is 0.450 e. The minimum atomic E-state index is -4.69. The number of benzene rings is 1. The fraction of sp³-hybridized carbons (Fsp3) is 0.0909. The molecule has 0 spiro atoms. The highest BCUT2D eigenvalue weighted by Crippen LogP contribution is 2.33. The van der Waals surface area contributed by atoms with Gasteiger partial charge in [0.25, 0.3) is 0 Å². The van der Waals surface area contributed by atoms with Gasteiger partial charge in [0.05, 0.1) is 11.0 Å². The summed E-state index contributed by atoms with van der Waals surface area (Å²) in [6.45, 7) is 0. The van der Waals surface area contributed by atoms with Crippen molar-refractivity contribution in [1.82, 2.24) is 24.5 Å². The molecule has 10 heteroatoms. The van der Waals surface area contributed by atoms with Crippen LogP contribution in [0.1, 0.15) is 5.82 Å². The summed E-state index contributed by atoms with van der Waals surface area (Å²) in [4.78, 5) is 14.4. The third kappa shape index (κ3) is 2.52. The van der Waals surface area contributed by atoms with E-state index in [-0.39, 0.29) is 27.5 Å². The Hall–Kier alpha value is -1.93. The molecule has 1 aromatic carbocycles. The van der Waals surface area contributed by atoms with Gasteiger partial charge in [0.15, 0.2) is 0 Å². The maximum absolute atomic E-state index is 13.2. The Labute approximate surface area is 125 Å². The van der Waals surface area contributed by atoms with Gasteiger partial charge in [-0.2, -0.15) is 28.1 Å². The number of aromatic nitrogens is 5. The van der Waals surface area contributed by atoms with Crippen molar-refractivity contribution >= 4 is 34.2 Å². The van der Waals surface area contributed by atoms with E-state index in [4.69, 9.17) is 23.2 Å². The quantitative estimate of drug-likeness (QED) is 0.683. The molecule has 0 radical (unpaired) electrons. The Kier molecular flexibility index (Phi) is 3.22. The number of nitrogens with zero attached hydrogens (tertiary/aromatic N) is 5. The third-order valence-corrected chi connectivity index (χ3v) is 2.92. The lowest BCUT2D eigenvalue weighted by atomic mass is 10.3. The van der Waals surface area contributed by atoms with Crippen LogP contribution in [0.5, 0.6) is 0 Å². The zero-order chi connectivity index (χ0) is 15.2. The molecule has 0 saturated carbocycles. The maximum atomic E-state index is 13.2. The topological polar surface area (TPSA) is 56.5 Å². The van der Waals surface area contributed by atoms with Gasteiger partial charge in [-0.15, -0.1) is 0 Å². The van der Waals surface area contributed by atoms with E-state index < -0.39 is 12.0 Å². The molecule has 0 amide bonds. The Morgan fingerprint density at radius 2 is 1.52 bits per heavy atom. The van der Waals surface area contributed by atoms with Crippen LogP contribution in [0, 0.1) is 0 Å². The van der Waals surface area contributed by atoms with Crippen LogP contribution in [-0.4, -0.2) is 24.5 Å². The van der Waals surface area contributed by atoms with E-state index in [0.717, 1.165) is 4.57 Å². The standard InChI is InChI=1S/C11H4Cl2F3N5/c12-8-18-9(13)20-10(19-8)21-6-4-2-1-3-5(6)17-7(21)11(14,15)16/h1-4H. The minimum absolute atomic E-state index is 0.150. The van der Waals surface area contributed by atoms with E-state index in [2.05, 4.69) is 19.9 Å². The van der Waals surface area contributed by atoms with Crippen molar-refractivity contribution in [3.63, 3.8) is 0 Å². The van der Waals surface area contributed by atoms with Crippen LogP contribution < -0.4 is 0 Å². The fourth-order valence-corrected chi connectivity index (χ4v) is 2.19. The molecule has 2 aromatic heterocycles. The predicted molar refractivity (Wildman–Crippen MR) is 69.5 cm³/mol. The summed E-state index contributed by atoms with van der Waals surface area (Å²) in [5, 5.41) is -0.619. The molecule has 108 valence electrons. The lowest BCUT2D eigenvalue weighted by Gasteiger charge is -2.09. The Bertz CT molecular complexity index is 810. The number of alkyl halides is 3. The van der Waals surface area contributed by atoms with Crippen molar-refractivity contribution in [1.29, 1.82) is 0 Å². The number of fused-ring (bicyclic) bond motifs is 1. The molecule has 0 fully saturated rings. The number of rotatable bonds is 1. The molecule has 0 atom stereocenters. The van der Waals surface area contributed by atoms with Crippen LogP contribution >= 0.6 is 23.2 Å². The Balaban J connectivity index is 2.39. The summed E-state index contributed by atoms with van der Waals surface area (Å²) in [6.07, 6.45) is -4.69. The van der Waals surface area contributed by atoms with Crippen molar-refractivity contribution in [3.8, 4) is 5.95 Å². The molecule has 0 saturated heterocycles. The van der Waals surface area contributed by atoms with Gasteiger partial charge in [0.2, 0.25) is 22.3 Å². The molecule has 5 nitrogen and oxygen atoms in total. The number of hydrogen-bond donors (Lipinski definition) is 0. The zero-order valence-corrected chi connectivity index (χ0v) is 11.4. The number of imidazole rings is 1. The molecular formula is C11H4Cl2F3N5. The van der Waals surface area contributed by atoms with E-state index in [1.807, 2.05) is 0 Å². The van der Waals surface area contributed by atoms with Gasteiger partial charge in [0, 0.05) is 0 Å². The highest BCUT2D eigenvalue weighted by atomic mass is 35.5. The average Bonchev–Trinajstić information content (AvgIpc) is 2.76. The van der Waals surface area contributed by atoms with Crippen LogP contribution in [0.3, 0.4) is 0 Å². The molecule has 21 heavy (non-hydrogen) atoms. The van der Waals surface area contributed by atoms with Crippen molar-refractivity contribution in [2.75, 3.05) is 0 Å². The number of para-hydroxylation sites is 2. The van der Waals surface area contributed by atoms with E-state index in [0.29, 0.717) is 0 Å². The highest BCUT2D eigenvalue weighted by molar-refractivity contribution is 6.31. The molecule has 3 aromatic rings.